The van der Waals surface area contributed by atoms with Gasteiger partial charge >= 0.3 is 0 Å². The van der Waals surface area contributed by atoms with E-state index < -0.39 is 5.91 Å². The van der Waals surface area contributed by atoms with Crippen molar-refractivity contribution in [2.75, 3.05) is 19.7 Å². The summed E-state index contributed by atoms with van der Waals surface area (Å²) in [4.78, 5) is 28.2. The first-order chi connectivity index (χ1) is 8.65. The first-order valence-corrected chi connectivity index (χ1v) is 5.72. The van der Waals surface area contributed by atoms with Crippen LogP contribution in [0.15, 0.2) is 28.9 Å². The molecule has 2 amide bonds. The van der Waals surface area contributed by atoms with Crippen LogP contribution in [0, 0.1) is 0 Å². The molecule has 0 atom stereocenters. The topological polar surface area (TPSA) is 96.0 Å². The fourth-order valence-corrected chi connectivity index (χ4v) is 1.53. The monoisotopic (exact) mass is 251 g/mol. The Morgan fingerprint density at radius 3 is 2.89 bits per heavy atom. The van der Waals surface area contributed by atoms with Crippen molar-refractivity contribution >= 4 is 18.0 Å². The molecule has 0 aromatic carbocycles. The van der Waals surface area contributed by atoms with E-state index in [1.165, 1.54) is 11.1 Å². The van der Waals surface area contributed by atoms with Gasteiger partial charge < -0.3 is 15.7 Å². The van der Waals surface area contributed by atoms with Crippen LogP contribution in [0.1, 0.15) is 12.8 Å². The Labute approximate surface area is 105 Å². The average Bonchev–Trinajstić information content (AvgIpc) is 2.26. The average molecular weight is 251 g/mol. The first kappa shape index (κ1) is 14.1. The minimum atomic E-state index is -0.611. The van der Waals surface area contributed by atoms with Crippen LogP contribution in [-0.4, -0.2) is 47.7 Å². The second-order valence-corrected chi connectivity index (χ2v) is 3.82. The third kappa shape index (κ3) is 4.50. The molecule has 1 aliphatic heterocycles. The van der Waals surface area contributed by atoms with Crippen LogP contribution in [0.25, 0.3) is 0 Å². The number of nitrogens with two attached hydrogens (primary N) is 1. The number of hydrogen-bond acceptors (Lipinski definition) is 4. The second-order valence-electron chi connectivity index (χ2n) is 3.82. The van der Waals surface area contributed by atoms with Gasteiger partial charge in [0, 0.05) is 19.0 Å². The molecular weight excluding hydrogens is 234 g/mol. The van der Waals surface area contributed by atoms with E-state index >= 15 is 0 Å². The fraction of sp³-hybridized carbons (Fsp3) is 0.417. The minimum Gasteiger partial charge on any atom is -0.395 e. The molecule has 0 spiro atoms. The zero-order chi connectivity index (χ0) is 13.4. The summed E-state index contributed by atoms with van der Waals surface area (Å²) >= 11 is 0. The number of rotatable bonds is 5. The van der Waals surface area contributed by atoms with Crippen LogP contribution in [0.4, 0.5) is 0 Å². The number of primary amides is 1. The van der Waals surface area contributed by atoms with Gasteiger partial charge in [0.2, 0.25) is 5.91 Å². The van der Waals surface area contributed by atoms with Crippen LogP contribution in [0.2, 0.25) is 0 Å². The van der Waals surface area contributed by atoms with E-state index in [-0.39, 0.29) is 25.6 Å². The fourth-order valence-electron chi connectivity index (χ4n) is 1.53. The molecule has 3 N–H and O–H groups in total. The van der Waals surface area contributed by atoms with E-state index in [1.54, 1.807) is 12.3 Å². The lowest BCUT2D eigenvalue weighted by Gasteiger charge is -2.20. The molecule has 0 aromatic heterocycles. The van der Waals surface area contributed by atoms with Crippen molar-refractivity contribution in [2.24, 2.45) is 10.7 Å². The molecule has 18 heavy (non-hydrogen) atoms. The second kappa shape index (κ2) is 7.39. The van der Waals surface area contributed by atoms with Crippen molar-refractivity contribution in [3.8, 4) is 0 Å². The van der Waals surface area contributed by atoms with E-state index in [0.29, 0.717) is 5.57 Å². The van der Waals surface area contributed by atoms with Crippen LogP contribution in [0.5, 0.6) is 0 Å². The largest absolute Gasteiger partial charge is 0.395 e. The number of amides is 2. The van der Waals surface area contributed by atoms with Gasteiger partial charge in [-0.2, -0.15) is 0 Å². The van der Waals surface area contributed by atoms with Gasteiger partial charge in [0.05, 0.1) is 18.7 Å². The van der Waals surface area contributed by atoms with E-state index in [9.17, 15) is 9.59 Å². The number of aliphatic imine (C=N–C) groups is 1. The molecule has 0 fully saturated rings. The summed E-state index contributed by atoms with van der Waals surface area (Å²) in [6.45, 7) is -0.355. The predicted octanol–water partition coefficient (Wildman–Crippen LogP) is -0.403. The van der Waals surface area contributed by atoms with Gasteiger partial charge in [0.1, 0.15) is 0 Å². The number of carbonyl (C=O) groups is 2. The molecule has 0 unspecified atom stereocenters. The summed E-state index contributed by atoms with van der Waals surface area (Å²) in [5.74, 6) is -0.957. The summed E-state index contributed by atoms with van der Waals surface area (Å²) in [5, 5.41) is 8.89. The molecular formula is C12H17N3O3. The van der Waals surface area contributed by atoms with Crippen LogP contribution >= 0.6 is 0 Å². The molecule has 6 heteroatoms. The van der Waals surface area contributed by atoms with E-state index in [1.807, 2.05) is 6.08 Å². The van der Waals surface area contributed by atoms with Crippen LogP contribution < -0.4 is 5.73 Å². The zero-order valence-corrected chi connectivity index (χ0v) is 10.1. The Morgan fingerprint density at radius 2 is 2.22 bits per heavy atom. The van der Waals surface area contributed by atoms with Crippen molar-refractivity contribution in [3.05, 3.63) is 23.9 Å². The summed E-state index contributed by atoms with van der Waals surface area (Å²) < 4.78 is 0. The molecule has 0 aliphatic carbocycles. The predicted molar refractivity (Wildman–Crippen MR) is 67.8 cm³/mol. The molecule has 0 saturated carbocycles. The highest BCUT2D eigenvalue weighted by Crippen LogP contribution is 2.06. The highest BCUT2D eigenvalue weighted by atomic mass is 16.3. The zero-order valence-electron chi connectivity index (χ0n) is 10.1. The van der Waals surface area contributed by atoms with Gasteiger partial charge in [-0.3, -0.25) is 14.6 Å². The van der Waals surface area contributed by atoms with E-state index in [2.05, 4.69) is 4.99 Å². The van der Waals surface area contributed by atoms with Crippen molar-refractivity contribution < 1.29 is 14.7 Å². The van der Waals surface area contributed by atoms with Crippen molar-refractivity contribution in [3.63, 3.8) is 0 Å². The van der Waals surface area contributed by atoms with Gasteiger partial charge in [-0.25, -0.2) is 0 Å². The summed E-state index contributed by atoms with van der Waals surface area (Å²) in [6, 6.07) is 0. The number of nitrogens with zero attached hydrogens (tertiary/aromatic N) is 2. The molecule has 98 valence electrons. The quantitative estimate of drug-likeness (QED) is 0.695. The lowest BCUT2D eigenvalue weighted by molar-refractivity contribution is -0.132. The van der Waals surface area contributed by atoms with Gasteiger partial charge in [-0.1, -0.05) is 12.2 Å². The Kier molecular flexibility index (Phi) is 5.79. The third-order valence-corrected chi connectivity index (χ3v) is 2.35. The van der Waals surface area contributed by atoms with Gasteiger partial charge in [-0.05, 0) is 12.8 Å². The Hall–Kier alpha value is -1.95. The number of aliphatic hydroxyl groups excluding tert-OH is 1. The molecule has 1 heterocycles. The molecule has 0 radical (unpaired) electrons. The Morgan fingerprint density at radius 1 is 1.44 bits per heavy atom. The third-order valence-electron chi connectivity index (χ3n) is 2.35. The maximum absolute atomic E-state index is 12.1. The molecule has 0 saturated heterocycles. The highest BCUT2D eigenvalue weighted by Gasteiger charge is 2.18. The van der Waals surface area contributed by atoms with E-state index in [4.69, 9.17) is 10.8 Å². The lowest BCUT2D eigenvalue weighted by Crippen LogP contribution is -2.41. The molecule has 1 aliphatic rings. The SMILES string of the molecule is NC(=O)CN(CCO)C(=O)C1=C/CC\C=C/N=C\1. The summed E-state index contributed by atoms with van der Waals surface area (Å²) in [7, 11) is 0. The van der Waals surface area contributed by atoms with Gasteiger partial charge in [0.15, 0.2) is 0 Å². The van der Waals surface area contributed by atoms with Crippen molar-refractivity contribution in [2.45, 2.75) is 12.8 Å². The first-order valence-electron chi connectivity index (χ1n) is 5.72. The maximum atomic E-state index is 12.1. The molecule has 0 bridgehead atoms. The standard InChI is InChI=1S/C12H17N3O3/c13-11(17)9-15(6-7-16)12(18)10-4-2-1-3-5-14-8-10/h3-5,8,16H,1-2,6-7,9H2,(H2,13,17)/b5-3-,10-4+,14-8-. The summed E-state index contributed by atoms with van der Waals surface area (Å²) in [6.07, 6.45) is 8.29. The lowest BCUT2D eigenvalue weighted by atomic mass is 10.1. The summed E-state index contributed by atoms with van der Waals surface area (Å²) in [5.41, 5.74) is 5.48. The Balaban J connectivity index is 2.80. The maximum Gasteiger partial charge on any atom is 0.255 e. The smallest absolute Gasteiger partial charge is 0.255 e. The van der Waals surface area contributed by atoms with Gasteiger partial charge in [0.25, 0.3) is 5.91 Å². The number of hydrogen-bond donors (Lipinski definition) is 2. The minimum absolute atomic E-state index is 0.0722. The van der Waals surface area contributed by atoms with Crippen molar-refractivity contribution in [1.82, 2.24) is 4.90 Å². The number of aliphatic hydroxyl groups is 1. The van der Waals surface area contributed by atoms with Gasteiger partial charge in [-0.15, -0.1) is 0 Å². The van der Waals surface area contributed by atoms with Crippen LogP contribution in [0.3, 0.4) is 0 Å². The normalized spacial score (nSPS) is 21.1. The Bertz CT molecular complexity index is 399. The van der Waals surface area contributed by atoms with Crippen molar-refractivity contribution in [1.29, 1.82) is 0 Å². The molecule has 6 nitrogen and oxygen atoms in total. The highest BCUT2D eigenvalue weighted by molar-refractivity contribution is 6.12. The molecule has 0 aromatic rings. The number of carbonyl (C=O) groups excluding carboxylic acids is 2. The number of allylic oxidation sites excluding steroid dienone is 2. The molecule has 1 rings (SSSR count). The van der Waals surface area contributed by atoms with E-state index in [0.717, 1.165) is 12.8 Å². The van der Waals surface area contributed by atoms with Crippen LogP contribution in [-0.2, 0) is 9.59 Å².